The normalized spacial score (nSPS) is 17.4. The maximum Gasteiger partial charge on any atom is 0.258 e. The molecule has 7 nitrogen and oxygen atoms in total. The molecule has 0 aromatic heterocycles. The summed E-state index contributed by atoms with van der Waals surface area (Å²) in [6, 6.07) is 14.1. The number of morpholine rings is 1. The van der Waals surface area contributed by atoms with Crippen molar-refractivity contribution in [2.45, 2.75) is 18.9 Å². The Labute approximate surface area is 190 Å². The molecule has 0 spiro atoms. The zero-order valence-electron chi connectivity index (χ0n) is 19.0. The molecule has 0 aliphatic carbocycles. The fourth-order valence-electron chi connectivity index (χ4n) is 4.44. The number of methoxy groups -OCH3 is 1. The Morgan fingerprint density at radius 3 is 2.59 bits per heavy atom. The van der Waals surface area contributed by atoms with Gasteiger partial charge in [-0.2, -0.15) is 0 Å². The average Bonchev–Trinajstić information content (AvgIpc) is 2.84. The molecule has 32 heavy (non-hydrogen) atoms. The van der Waals surface area contributed by atoms with Crippen LogP contribution in [0.4, 0.5) is 5.69 Å². The first kappa shape index (κ1) is 22.4. The highest BCUT2D eigenvalue weighted by Gasteiger charge is 2.25. The number of benzene rings is 2. The Kier molecular flexibility index (Phi) is 7.50. The van der Waals surface area contributed by atoms with E-state index < -0.39 is 0 Å². The first-order valence-electron chi connectivity index (χ1n) is 11.3. The molecule has 7 heteroatoms. The summed E-state index contributed by atoms with van der Waals surface area (Å²) in [5, 5.41) is 3.08. The number of carbonyl (C=O) groups excluding carboxylic acids is 1. The average molecular weight is 440 g/mol. The van der Waals surface area contributed by atoms with Gasteiger partial charge in [0.25, 0.3) is 5.91 Å². The third-order valence-electron chi connectivity index (χ3n) is 6.25. The maximum atomic E-state index is 12.5. The van der Waals surface area contributed by atoms with Crippen LogP contribution in [-0.4, -0.2) is 71.0 Å². The molecule has 1 amide bonds. The lowest BCUT2D eigenvalue weighted by Crippen LogP contribution is -2.44. The van der Waals surface area contributed by atoms with E-state index in [1.165, 1.54) is 23.2 Å². The summed E-state index contributed by atoms with van der Waals surface area (Å²) in [7, 11) is 3.77. The minimum atomic E-state index is -0.128. The van der Waals surface area contributed by atoms with E-state index in [2.05, 4.69) is 40.4 Å². The fourth-order valence-corrected chi connectivity index (χ4v) is 4.44. The Morgan fingerprint density at radius 2 is 1.84 bits per heavy atom. The Morgan fingerprint density at radius 1 is 1.09 bits per heavy atom. The van der Waals surface area contributed by atoms with Crippen molar-refractivity contribution in [3.05, 3.63) is 53.6 Å². The molecule has 2 aliphatic heterocycles. The number of ether oxygens (including phenoxy) is 3. The van der Waals surface area contributed by atoms with Crippen LogP contribution < -0.4 is 19.7 Å². The molecular weight excluding hydrogens is 406 g/mol. The van der Waals surface area contributed by atoms with E-state index in [4.69, 9.17) is 14.2 Å². The molecule has 4 rings (SSSR count). The Bertz CT molecular complexity index is 897. The zero-order chi connectivity index (χ0) is 22.3. The van der Waals surface area contributed by atoms with Gasteiger partial charge in [0, 0.05) is 38.9 Å². The van der Waals surface area contributed by atoms with Crippen LogP contribution >= 0.6 is 0 Å². The topological polar surface area (TPSA) is 63.3 Å². The summed E-state index contributed by atoms with van der Waals surface area (Å²) in [6.07, 6.45) is 2.28. The molecule has 172 valence electrons. The van der Waals surface area contributed by atoms with Crippen LogP contribution in [0.25, 0.3) is 0 Å². The van der Waals surface area contributed by atoms with E-state index in [1.54, 1.807) is 19.2 Å². The highest BCUT2D eigenvalue weighted by molar-refractivity contribution is 5.77. The summed E-state index contributed by atoms with van der Waals surface area (Å²) in [5.41, 5.74) is 3.96. The van der Waals surface area contributed by atoms with Gasteiger partial charge in [-0.15, -0.1) is 0 Å². The van der Waals surface area contributed by atoms with Gasteiger partial charge in [-0.3, -0.25) is 9.69 Å². The maximum absolute atomic E-state index is 12.5. The van der Waals surface area contributed by atoms with E-state index in [0.29, 0.717) is 12.3 Å². The smallest absolute Gasteiger partial charge is 0.258 e. The molecule has 1 fully saturated rings. The quantitative estimate of drug-likeness (QED) is 0.682. The predicted octanol–water partition coefficient (Wildman–Crippen LogP) is 2.65. The Hall–Kier alpha value is -2.77. The van der Waals surface area contributed by atoms with Crippen molar-refractivity contribution in [3.8, 4) is 11.5 Å². The van der Waals surface area contributed by atoms with Crippen molar-refractivity contribution in [2.24, 2.45) is 0 Å². The lowest BCUT2D eigenvalue weighted by molar-refractivity contribution is -0.123. The number of amides is 1. The molecule has 1 saturated heterocycles. The van der Waals surface area contributed by atoms with Gasteiger partial charge in [-0.1, -0.05) is 12.1 Å². The van der Waals surface area contributed by atoms with Gasteiger partial charge in [0.2, 0.25) is 0 Å². The minimum Gasteiger partial charge on any atom is -0.497 e. The van der Waals surface area contributed by atoms with Crippen LogP contribution in [-0.2, 0) is 16.0 Å². The predicted molar refractivity (Wildman–Crippen MR) is 125 cm³/mol. The number of carbonyl (C=O) groups is 1. The van der Waals surface area contributed by atoms with Gasteiger partial charge in [-0.05, 0) is 54.3 Å². The highest BCUT2D eigenvalue weighted by atomic mass is 16.5. The number of anilines is 1. The van der Waals surface area contributed by atoms with Gasteiger partial charge in [-0.25, -0.2) is 0 Å². The molecule has 0 bridgehead atoms. The second-order valence-electron chi connectivity index (χ2n) is 8.35. The fraction of sp³-hybridized carbons (Fsp3) is 0.480. The number of aryl methyl sites for hydroxylation is 1. The van der Waals surface area contributed by atoms with Crippen LogP contribution in [0.1, 0.15) is 23.6 Å². The molecule has 0 radical (unpaired) electrons. The number of rotatable bonds is 8. The number of nitrogens with one attached hydrogen (secondary N) is 1. The highest BCUT2D eigenvalue weighted by Crippen LogP contribution is 2.31. The summed E-state index contributed by atoms with van der Waals surface area (Å²) in [6.45, 7) is 4.79. The van der Waals surface area contributed by atoms with Crippen LogP contribution in [0, 0.1) is 0 Å². The van der Waals surface area contributed by atoms with E-state index in [1.807, 2.05) is 12.1 Å². The third kappa shape index (κ3) is 5.53. The van der Waals surface area contributed by atoms with Gasteiger partial charge < -0.3 is 24.4 Å². The Balaban J connectivity index is 1.40. The standard InChI is InChI=1S/C25H33N3O4/c1-27-11-3-4-19-16-20(5-10-23(19)27)24(28-12-14-31-15-13-28)17-26-25(29)18-32-22-8-6-21(30-2)7-9-22/h5-10,16,24H,3-4,11-15,17-18H2,1-2H3,(H,26,29)/t24-/m1/s1. The number of fused-ring (bicyclic) bond motifs is 1. The lowest BCUT2D eigenvalue weighted by atomic mass is 9.95. The molecule has 2 aromatic carbocycles. The van der Waals surface area contributed by atoms with Gasteiger partial charge >= 0.3 is 0 Å². The summed E-state index contributed by atoms with van der Waals surface area (Å²) >= 11 is 0. The van der Waals surface area contributed by atoms with Crippen molar-refractivity contribution >= 4 is 11.6 Å². The van der Waals surface area contributed by atoms with E-state index in [-0.39, 0.29) is 18.6 Å². The molecule has 2 heterocycles. The molecule has 2 aromatic rings. The largest absolute Gasteiger partial charge is 0.497 e. The van der Waals surface area contributed by atoms with E-state index in [9.17, 15) is 4.79 Å². The zero-order valence-corrected chi connectivity index (χ0v) is 19.0. The van der Waals surface area contributed by atoms with Gasteiger partial charge in [0.15, 0.2) is 6.61 Å². The van der Waals surface area contributed by atoms with E-state index >= 15 is 0 Å². The molecular formula is C25H33N3O4. The minimum absolute atomic E-state index is 0.0167. The second-order valence-corrected chi connectivity index (χ2v) is 8.35. The lowest BCUT2D eigenvalue weighted by Gasteiger charge is -2.36. The molecule has 1 atom stereocenters. The van der Waals surface area contributed by atoms with Gasteiger partial charge in [0.1, 0.15) is 11.5 Å². The number of hydrogen-bond donors (Lipinski definition) is 1. The summed E-state index contributed by atoms with van der Waals surface area (Å²) in [4.78, 5) is 17.3. The van der Waals surface area contributed by atoms with Crippen molar-refractivity contribution in [2.75, 3.05) is 65.1 Å². The first-order chi connectivity index (χ1) is 15.6. The van der Waals surface area contributed by atoms with Crippen molar-refractivity contribution in [3.63, 3.8) is 0 Å². The molecule has 2 aliphatic rings. The van der Waals surface area contributed by atoms with Crippen LogP contribution in [0.15, 0.2) is 42.5 Å². The molecule has 1 N–H and O–H groups in total. The molecule has 0 unspecified atom stereocenters. The third-order valence-corrected chi connectivity index (χ3v) is 6.25. The van der Waals surface area contributed by atoms with Crippen LogP contribution in [0.2, 0.25) is 0 Å². The van der Waals surface area contributed by atoms with Gasteiger partial charge in [0.05, 0.1) is 26.4 Å². The molecule has 0 saturated carbocycles. The number of hydrogen-bond acceptors (Lipinski definition) is 6. The van der Waals surface area contributed by atoms with Crippen molar-refractivity contribution in [1.29, 1.82) is 0 Å². The van der Waals surface area contributed by atoms with Crippen LogP contribution in [0.5, 0.6) is 11.5 Å². The monoisotopic (exact) mass is 439 g/mol. The number of nitrogens with zero attached hydrogens (tertiary/aromatic N) is 2. The van der Waals surface area contributed by atoms with Crippen molar-refractivity contribution < 1.29 is 19.0 Å². The van der Waals surface area contributed by atoms with Crippen LogP contribution in [0.3, 0.4) is 0 Å². The SMILES string of the molecule is COc1ccc(OCC(=O)NC[C@H](c2ccc3c(c2)CCCN3C)N2CCOCC2)cc1. The van der Waals surface area contributed by atoms with Crippen molar-refractivity contribution in [1.82, 2.24) is 10.2 Å². The van der Waals surface area contributed by atoms with E-state index in [0.717, 1.165) is 45.0 Å². The summed E-state index contributed by atoms with van der Waals surface area (Å²) < 4.78 is 16.3. The first-order valence-corrected chi connectivity index (χ1v) is 11.3. The second kappa shape index (κ2) is 10.7. The summed E-state index contributed by atoms with van der Waals surface area (Å²) in [5.74, 6) is 1.27.